The number of halogens is 1. The highest BCUT2D eigenvalue weighted by molar-refractivity contribution is 7.87. The van der Waals surface area contributed by atoms with Gasteiger partial charge in [0.1, 0.15) is 5.82 Å². The molecule has 1 saturated heterocycles. The highest BCUT2D eigenvalue weighted by Gasteiger charge is 2.49. The Labute approximate surface area is 197 Å². The van der Waals surface area contributed by atoms with Crippen molar-refractivity contribution in [3.05, 3.63) is 35.1 Å². The molecular weight excluding hydrogens is 443 g/mol. The molecule has 0 radical (unpaired) electrons. The number of rotatable bonds is 6. The summed E-state index contributed by atoms with van der Waals surface area (Å²) in [6, 6.07) is 5.33. The molecule has 1 spiro atoms. The first kappa shape index (κ1) is 24.6. The van der Waals surface area contributed by atoms with Crippen molar-refractivity contribution in [3.63, 3.8) is 0 Å². The van der Waals surface area contributed by atoms with E-state index >= 15 is 0 Å². The summed E-state index contributed by atoms with van der Waals surface area (Å²) in [4.78, 5) is 17.9. The predicted molar refractivity (Wildman–Crippen MR) is 126 cm³/mol. The molecule has 3 N–H and O–H groups in total. The number of nitrogens with one attached hydrogen (secondary N) is 1. The summed E-state index contributed by atoms with van der Waals surface area (Å²) in [5.41, 5.74) is 1.08. The molecule has 1 saturated carbocycles. The van der Waals surface area contributed by atoms with E-state index in [-0.39, 0.29) is 31.4 Å². The van der Waals surface area contributed by atoms with Crippen LogP contribution in [0, 0.1) is 17.7 Å². The number of carbonyl (C=O) groups is 1. The molecule has 0 unspecified atom stereocenters. The zero-order valence-electron chi connectivity index (χ0n) is 19.7. The minimum Gasteiger partial charge on any atom is -0.336 e. The number of benzene rings is 1. The third kappa shape index (κ3) is 5.26. The Kier molecular flexibility index (Phi) is 7.15. The van der Waals surface area contributed by atoms with Crippen LogP contribution in [-0.2, 0) is 27.0 Å². The predicted octanol–water partition coefficient (Wildman–Crippen LogP) is 2.51. The van der Waals surface area contributed by atoms with Crippen molar-refractivity contribution in [1.29, 1.82) is 0 Å². The van der Waals surface area contributed by atoms with Gasteiger partial charge in [0.05, 0.1) is 5.41 Å². The molecule has 1 aliphatic carbocycles. The third-order valence-electron chi connectivity index (χ3n) is 8.18. The molecular formula is C24H37FN4O3S. The smallest absolute Gasteiger partial charge is 0.274 e. The molecule has 1 amide bonds. The maximum Gasteiger partial charge on any atom is 0.274 e. The van der Waals surface area contributed by atoms with Gasteiger partial charge in [0.15, 0.2) is 0 Å². The lowest BCUT2D eigenvalue weighted by atomic mass is 9.67. The molecule has 0 bridgehead atoms. The van der Waals surface area contributed by atoms with Crippen molar-refractivity contribution in [2.75, 3.05) is 26.2 Å². The summed E-state index contributed by atoms with van der Waals surface area (Å²) in [7, 11) is -3.83. The van der Waals surface area contributed by atoms with Gasteiger partial charge in [-0.3, -0.25) is 4.79 Å². The van der Waals surface area contributed by atoms with Crippen molar-refractivity contribution >= 4 is 16.1 Å². The summed E-state index contributed by atoms with van der Waals surface area (Å²) in [6.45, 7) is 6.85. The molecule has 2 aliphatic heterocycles. The number of hydrogen-bond donors (Lipinski definition) is 2. The number of likely N-dealkylation sites (tertiary alicyclic amines) is 1. The average Bonchev–Trinajstić information content (AvgIpc) is 2.77. The SMILES string of the molecule is CC(C)[C@H]1CC[C@@H](N2CCC3(CC2)C(=O)N(CCNS(N)(=O)=O)Cc2cc(F)ccc23)CC1. The summed E-state index contributed by atoms with van der Waals surface area (Å²) in [6.07, 6.45) is 6.39. The summed E-state index contributed by atoms with van der Waals surface area (Å²) in [5, 5.41) is 5.03. The maximum absolute atomic E-state index is 14.1. The van der Waals surface area contributed by atoms with E-state index in [0.29, 0.717) is 18.9 Å². The number of nitrogens with two attached hydrogens (primary N) is 1. The molecule has 7 nitrogen and oxygen atoms in total. The molecule has 3 aliphatic rings. The number of hydrogen-bond acceptors (Lipinski definition) is 4. The lowest BCUT2D eigenvalue weighted by Gasteiger charge is -2.49. The Balaban J connectivity index is 1.49. The number of carbonyl (C=O) groups excluding carboxylic acids is 1. The van der Waals surface area contributed by atoms with E-state index in [1.54, 1.807) is 11.0 Å². The first-order chi connectivity index (χ1) is 15.6. The highest BCUT2D eigenvalue weighted by atomic mass is 32.2. The first-order valence-electron chi connectivity index (χ1n) is 12.2. The second-order valence-corrected chi connectivity index (χ2v) is 11.8. The summed E-state index contributed by atoms with van der Waals surface area (Å²) in [5.74, 6) is 1.25. The van der Waals surface area contributed by atoms with Gasteiger partial charge in [0.25, 0.3) is 10.2 Å². The fourth-order valence-electron chi connectivity index (χ4n) is 6.25. The Morgan fingerprint density at radius 3 is 2.45 bits per heavy atom. The summed E-state index contributed by atoms with van der Waals surface area (Å²) < 4.78 is 38.8. The topological polar surface area (TPSA) is 95.7 Å². The van der Waals surface area contributed by atoms with E-state index in [1.165, 1.54) is 37.8 Å². The standard InChI is InChI=1S/C24H37FN4O3S/c1-17(2)18-3-6-21(7-4-18)28-12-9-24(10-13-28)22-8-5-20(25)15-19(22)16-29(23(24)30)14-11-27-33(26,31)32/h5,8,15,17-18,21,27H,3-4,6-7,9-14,16H2,1-2H3,(H2,26,31,32)/t18-,21+. The van der Waals surface area contributed by atoms with Gasteiger partial charge in [-0.25, -0.2) is 14.3 Å². The number of amides is 1. The van der Waals surface area contributed by atoms with Crippen molar-refractivity contribution in [3.8, 4) is 0 Å². The van der Waals surface area contributed by atoms with Gasteiger partial charge < -0.3 is 9.80 Å². The number of fused-ring (bicyclic) bond motifs is 2. The van der Waals surface area contributed by atoms with Crippen molar-refractivity contribution in [2.24, 2.45) is 17.0 Å². The zero-order valence-corrected chi connectivity index (χ0v) is 20.5. The molecule has 1 aromatic carbocycles. The minimum atomic E-state index is -3.83. The van der Waals surface area contributed by atoms with Crippen LogP contribution in [0.5, 0.6) is 0 Å². The van der Waals surface area contributed by atoms with Gasteiger partial charge in [-0.1, -0.05) is 19.9 Å². The Hall–Kier alpha value is -1.55. The normalized spacial score (nSPS) is 26.1. The molecule has 2 fully saturated rings. The van der Waals surface area contributed by atoms with E-state index in [1.807, 2.05) is 0 Å². The Bertz CT molecular complexity index is 968. The Morgan fingerprint density at radius 1 is 1.18 bits per heavy atom. The van der Waals surface area contributed by atoms with Gasteiger partial charge >= 0.3 is 0 Å². The van der Waals surface area contributed by atoms with Crippen LogP contribution >= 0.6 is 0 Å². The second kappa shape index (κ2) is 9.60. The molecule has 9 heteroatoms. The van der Waals surface area contributed by atoms with Gasteiger partial charge in [-0.2, -0.15) is 8.42 Å². The highest BCUT2D eigenvalue weighted by Crippen LogP contribution is 2.44. The zero-order chi connectivity index (χ0) is 23.8. The fourth-order valence-corrected chi connectivity index (χ4v) is 6.62. The maximum atomic E-state index is 14.1. The van der Waals surface area contributed by atoms with Crippen LogP contribution in [0.15, 0.2) is 18.2 Å². The van der Waals surface area contributed by atoms with Gasteiger partial charge in [0.2, 0.25) is 5.91 Å². The van der Waals surface area contributed by atoms with E-state index in [9.17, 15) is 17.6 Å². The quantitative estimate of drug-likeness (QED) is 0.654. The summed E-state index contributed by atoms with van der Waals surface area (Å²) >= 11 is 0. The van der Waals surface area contributed by atoms with E-state index in [0.717, 1.165) is 36.1 Å². The van der Waals surface area contributed by atoms with Crippen LogP contribution in [0.25, 0.3) is 0 Å². The van der Waals surface area contributed by atoms with Crippen LogP contribution in [0.1, 0.15) is 63.5 Å². The van der Waals surface area contributed by atoms with Crippen LogP contribution in [0.3, 0.4) is 0 Å². The molecule has 2 heterocycles. The van der Waals surface area contributed by atoms with Crippen LogP contribution in [-0.4, -0.2) is 56.3 Å². The monoisotopic (exact) mass is 480 g/mol. The van der Waals surface area contributed by atoms with Gasteiger partial charge in [0, 0.05) is 25.7 Å². The van der Waals surface area contributed by atoms with Crippen LogP contribution < -0.4 is 9.86 Å². The minimum absolute atomic E-state index is 0.0148. The van der Waals surface area contributed by atoms with E-state index in [4.69, 9.17) is 5.14 Å². The molecule has 33 heavy (non-hydrogen) atoms. The lowest BCUT2D eigenvalue weighted by molar-refractivity contribution is -0.142. The van der Waals surface area contributed by atoms with Gasteiger partial charge in [-0.15, -0.1) is 0 Å². The lowest BCUT2D eigenvalue weighted by Crippen LogP contribution is -2.58. The fraction of sp³-hybridized carbons (Fsp3) is 0.708. The number of piperidine rings is 1. The van der Waals surface area contributed by atoms with Crippen LogP contribution in [0.2, 0.25) is 0 Å². The van der Waals surface area contributed by atoms with Gasteiger partial charge in [-0.05, 0) is 86.7 Å². The Morgan fingerprint density at radius 2 is 1.85 bits per heavy atom. The molecule has 184 valence electrons. The molecule has 4 rings (SSSR count). The third-order valence-corrected chi connectivity index (χ3v) is 8.78. The van der Waals surface area contributed by atoms with Crippen molar-refractivity contribution in [2.45, 2.75) is 70.4 Å². The molecule has 0 atom stereocenters. The van der Waals surface area contributed by atoms with Crippen molar-refractivity contribution in [1.82, 2.24) is 14.5 Å². The molecule has 0 aromatic heterocycles. The first-order valence-corrected chi connectivity index (χ1v) is 13.7. The number of nitrogens with zero attached hydrogens (tertiary/aromatic N) is 2. The van der Waals surface area contributed by atoms with E-state index in [2.05, 4.69) is 23.5 Å². The van der Waals surface area contributed by atoms with Crippen molar-refractivity contribution < 1.29 is 17.6 Å². The average molecular weight is 481 g/mol. The van der Waals surface area contributed by atoms with E-state index < -0.39 is 15.6 Å². The second-order valence-electron chi connectivity index (χ2n) is 10.4. The van der Waals surface area contributed by atoms with Crippen LogP contribution in [0.4, 0.5) is 4.39 Å². The molecule has 1 aromatic rings. The largest absolute Gasteiger partial charge is 0.336 e.